The first-order valence-corrected chi connectivity index (χ1v) is 11.0. The second-order valence-electron chi connectivity index (χ2n) is 7.34. The van der Waals surface area contributed by atoms with E-state index in [4.69, 9.17) is 4.74 Å². The summed E-state index contributed by atoms with van der Waals surface area (Å²) in [6.45, 7) is 7.37. The average molecular weight is 442 g/mol. The van der Waals surface area contributed by atoms with E-state index < -0.39 is 0 Å². The fourth-order valence-corrected chi connectivity index (χ4v) is 4.12. The van der Waals surface area contributed by atoms with Crippen molar-refractivity contribution >= 4 is 40.9 Å². The van der Waals surface area contributed by atoms with Crippen LogP contribution >= 0.6 is 11.8 Å². The number of nitrogens with one attached hydrogen (secondary N) is 2. The first kappa shape index (κ1) is 22.8. The van der Waals surface area contributed by atoms with Crippen molar-refractivity contribution < 1.29 is 19.1 Å². The average Bonchev–Trinajstić information content (AvgIpc) is 2.76. The second kappa shape index (κ2) is 10.5. The lowest BCUT2D eigenvalue weighted by Crippen LogP contribution is -2.41. The van der Waals surface area contributed by atoms with Gasteiger partial charge in [-0.25, -0.2) is 0 Å². The van der Waals surface area contributed by atoms with Crippen LogP contribution in [0.15, 0.2) is 47.4 Å². The minimum Gasteiger partial charge on any atom is -0.378 e. The summed E-state index contributed by atoms with van der Waals surface area (Å²) in [5.74, 6) is -0.313. The van der Waals surface area contributed by atoms with E-state index in [1.165, 1.54) is 18.7 Å². The van der Waals surface area contributed by atoms with Crippen LogP contribution in [-0.4, -0.2) is 54.2 Å². The third-order valence-electron chi connectivity index (χ3n) is 4.98. The number of nitrogens with zero attached hydrogens (tertiary/aromatic N) is 1. The predicted molar refractivity (Wildman–Crippen MR) is 123 cm³/mol. The lowest BCUT2D eigenvalue weighted by Gasteiger charge is -2.27. The van der Waals surface area contributed by atoms with Crippen molar-refractivity contribution in [1.29, 1.82) is 0 Å². The zero-order valence-corrected chi connectivity index (χ0v) is 18.8. The molecule has 0 aliphatic carbocycles. The van der Waals surface area contributed by atoms with Crippen LogP contribution in [0, 0.1) is 6.92 Å². The maximum atomic E-state index is 12.9. The number of amides is 3. The Bertz CT molecular complexity index is 956. The number of hydrogen-bond donors (Lipinski definition) is 2. The van der Waals surface area contributed by atoms with Gasteiger partial charge in [-0.3, -0.25) is 14.4 Å². The number of benzene rings is 2. The molecule has 2 aromatic rings. The van der Waals surface area contributed by atoms with E-state index in [1.54, 1.807) is 29.2 Å². The molecule has 1 atom stereocenters. The normalized spacial score (nSPS) is 14.6. The SMILES string of the molecule is CC(=O)Nc1ccc(SC(C)C(=O)Nc2cccc(C(=O)N3CCOCC3)c2C)cc1. The van der Waals surface area contributed by atoms with Gasteiger partial charge in [-0.05, 0) is 55.8 Å². The monoisotopic (exact) mass is 441 g/mol. The van der Waals surface area contributed by atoms with Gasteiger partial charge in [0.15, 0.2) is 0 Å². The molecule has 164 valence electrons. The molecule has 3 amide bonds. The molecule has 31 heavy (non-hydrogen) atoms. The molecule has 7 nitrogen and oxygen atoms in total. The molecular weight excluding hydrogens is 414 g/mol. The molecule has 0 radical (unpaired) electrons. The van der Waals surface area contributed by atoms with E-state index in [-0.39, 0.29) is 23.0 Å². The van der Waals surface area contributed by atoms with Crippen LogP contribution in [0.1, 0.15) is 29.8 Å². The summed E-state index contributed by atoms with van der Waals surface area (Å²) in [4.78, 5) is 39.4. The van der Waals surface area contributed by atoms with Gasteiger partial charge in [-0.15, -0.1) is 11.8 Å². The summed E-state index contributed by atoms with van der Waals surface area (Å²) >= 11 is 1.42. The number of rotatable bonds is 6. The van der Waals surface area contributed by atoms with Crippen LogP contribution in [0.4, 0.5) is 11.4 Å². The van der Waals surface area contributed by atoms with Gasteiger partial charge in [0, 0.05) is 41.8 Å². The van der Waals surface area contributed by atoms with Gasteiger partial charge >= 0.3 is 0 Å². The largest absolute Gasteiger partial charge is 0.378 e. The topological polar surface area (TPSA) is 87.7 Å². The van der Waals surface area contributed by atoms with Crippen LogP contribution in [0.2, 0.25) is 0 Å². The molecule has 1 saturated heterocycles. The molecule has 1 fully saturated rings. The van der Waals surface area contributed by atoms with Crippen LogP contribution in [0.5, 0.6) is 0 Å². The van der Waals surface area contributed by atoms with Crippen LogP contribution in [0.3, 0.4) is 0 Å². The molecule has 3 rings (SSSR count). The maximum absolute atomic E-state index is 12.9. The minimum absolute atomic E-state index is 0.0430. The van der Waals surface area contributed by atoms with Gasteiger partial charge in [-0.2, -0.15) is 0 Å². The Hall–Kier alpha value is -2.84. The predicted octanol–water partition coefficient (Wildman–Crippen LogP) is 3.55. The van der Waals surface area contributed by atoms with Gasteiger partial charge < -0.3 is 20.3 Å². The Morgan fingerprint density at radius 1 is 1.03 bits per heavy atom. The van der Waals surface area contributed by atoms with E-state index in [2.05, 4.69) is 10.6 Å². The Balaban J connectivity index is 1.64. The Kier molecular flexibility index (Phi) is 7.70. The summed E-state index contributed by atoms with van der Waals surface area (Å²) < 4.78 is 5.32. The standard InChI is InChI=1S/C23H27N3O4S/c1-15-20(23(29)26-11-13-30-14-12-26)5-4-6-21(15)25-22(28)16(2)31-19-9-7-18(8-10-19)24-17(3)27/h4-10,16H,11-14H2,1-3H3,(H,24,27)(H,25,28). The first-order valence-electron chi connectivity index (χ1n) is 10.2. The summed E-state index contributed by atoms with van der Waals surface area (Å²) in [6.07, 6.45) is 0. The van der Waals surface area contributed by atoms with E-state index >= 15 is 0 Å². The van der Waals surface area contributed by atoms with Crippen molar-refractivity contribution in [2.24, 2.45) is 0 Å². The fourth-order valence-electron chi connectivity index (χ4n) is 3.25. The Morgan fingerprint density at radius 3 is 2.35 bits per heavy atom. The molecule has 1 heterocycles. The van der Waals surface area contributed by atoms with Crippen LogP contribution in [0.25, 0.3) is 0 Å². The third-order valence-corrected chi connectivity index (χ3v) is 6.09. The number of anilines is 2. The van der Waals surface area contributed by atoms with Crippen LogP contribution < -0.4 is 10.6 Å². The first-order chi connectivity index (χ1) is 14.8. The fraction of sp³-hybridized carbons (Fsp3) is 0.348. The van der Waals surface area contributed by atoms with Crippen molar-refractivity contribution in [3.63, 3.8) is 0 Å². The minimum atomic E-state index is -0.343. The quantitative estimate of drug-likeness (QED) is 0.670. The van der Waals surface area contributed by atoms with E-state index in [0.29, 0.717) is 43.2 Å². The van der Waals surface area contributed by atoms with Crippen molar-refractivity contribution in [3.05, 3.63) is 53.6 Å². The Morgan fingerprint density at radius 2 is 1.71 bits per heavy atom. The van der Waals surface area contributed by atoms with Gasteiger partial charge in [0.1, 0.15) is 0 Å². The molecule has 1 aliphatic rings. The molecule has 1 aliphatic heterocycles. The smallest absolute Gasteiger partial charge is 0.254 e. The summed E-state index contributed by atoms with van der Waals surface area (Å²) in [6, 6.07) is 12.7. The lowest BCUT2D eigenvalue weighted by molar-refractivity contribution is -0.115. The van der Waals surface area contributed by atoms with Gasteiger partial charge in [-0.1, -0.05) is 6.07 Å². The zero-order valence-electron chi connectivity index (χ0n) is 17.9. The molecule has 0 spiro atoms. The highest BCUT2D eigenvalue weighted by molar-refractivity contribution is 8.00. The van der Waals surface area contributed by atoms with Crippen LogP contribution in [-0.2, 0) is 14.3 Å². The molecular formula is C23H27N3O4S. The van der Waals surface area contributed by atoms with Gasteiger partial charge in [0.05, 0.1) is 18.5 Å². The van der Waals surface area contributed by atoms with E-state index in [9.17, 15) is 14.4 Å². The van der Waals surface area contributed by atoms with E-state index in [0.717, 1.165) is 10.5 Å². The van der Waals surface area contributed by atoms with Crippen molar-refractivity contribution in [2.45, 2.75) is 30.9 Å². The van der Waals surface area contributed by atoms with Crippen molar-refractivity contribution in [1.82, 2.24) is 4.90 Å². The molecule has 8 heteroatoms. The van der Waals surface area contributed by atoms with Crippen molar-refractivity contribution in [2.75, 3.05) is 36.9 Å². The maximum Gasteiger partial charge on any atom is 0.254 e. The molecule has 0 aromatic heterocycles. The second-order valence-corrected chi connectivity index (χ2v) is 8.75. The number of thioether (sulfide) groups is 1. The number of carbonyl (C=O) groups is 3. The lowest BCUT2D eigenvalue weighted by atomic mass is 10.0. The van der Waals surface area contributed by atoms with Gasteiger partial charge in [0.25, 0.3) is 5.91 Å². The third kappa shape index (κ3) is 6.08. The van der Waals surface area contributed by atoms with Crippen molar-refractivity contribution in [3.8, 4) is 0 Å². The number of hydrogen-bond acceptors (Lipinski definition) is 5. The summed E-state index contributed by atoms with van der Waals surface area (Å²) in [5.41, 5.74) is 2.70. The molecule has 1 unspecified atom stereocenters. The summed E-state index contributed by atoms with van der Waals surface area (Å²) in [7, 11) is 0. The molecule has 2 aromatic carbocycles. The Labute approximate surface area is 186 Å². The van der Waals surface area contributed by atoms with Gasteiger partial charge in [0.2, 0.25) is 11.8 Å². The van der Waals surface area contributed by atoms with E-state index in [1.807, 2.05) is 32.0 Å². The summed E-state index contributed by atoms with van der Waals surface area (Å²) in [5, 5.41) is 5.33. The highest BCUT2D eigenvalue weighted by Crippen LogP contribution is 2.27. The molecule has 0 saturated carbocycles. The number of ether oxygens (including phenoxy) is 1. The highest BCUT2D eigenvalue weighted by Gasteiger charge is 2.22. The number of carbonyl (C=O) groups excluding carboxylic acids is 3. The molecule has 0 bridgehead atoms. The number of morpholine rings is 1. The molecule has 2 N–H and O–H groups in total. The highest BCUT2D eigenvalue weighted by atomic mass is 32.2. The zero-order chi connectivity index (χ0) is 22.4.